The molecule has 1 aromatic rings. The molecule has 0 saturated carbocycles. The zero-order chi connectivity index (χ0) is 16.6. The number of benzene rings is 1. The van der Waals surface area contributed by atoms with E-state index in [1.165, 1.54) is 0 Å². The molecule has 0 aliphatic rings. The van der Waals surface area contributed by atoms with Gasteiger partial charge in [0, 0.05) is 6.54 Å². The smallest absolute Gasteiger partial charge is 0.321 e. The van der Waals surface area contributed by atoms with Gasteiger partial charge in [-0.3, -0.25) is 10.2 Å². The van der Waals surface area contributed by atoms with E-state index in [9.17, 15) is 13.2 Å². The number of aliphatic carboxylic acids is 1. The molecule has 0 saturated heterocycles. The van der Waals surface area contributed by atoms with Gasteiger partial charge in [0.25, 0.3) is 0 Å². The number of carbonyl (C=O) groups is 1. The summed E-state index contributed by atoms with van der Waals surface area (Å²) in [6.45, 7) is 0.305. The molecule has 1 atom stereocenters. The standard InChI is InChI=1S/C13H20N4O4S/c14-13(15)16-8-4-7-11(12(18)19)17-22(20,21)9-10-5-2-1-3-6-10/h1-3,5-6,11,17H,4,7-9H2,(H,18,19)(H4,14,15,16)/t11-/m1/s1. The van der Waals surface area contributed by atoms with Crippen molar-refractivity contribution in [1.82, 2.24) is 10.0 Å². The highest BCUT2D eigenvalue weighted by atomic mass is 32.2. The Bertz CT molecular complexity index is 604. The molecule has 9 heteroatoms. The summed E-state index contributed by atoms with van der Waals surface area (Å²) in [4.78, 5) is 11.1. The molecule has 0 aromatic heterocycles. The van der Waals surface area contributed by atoms with Gasteiger partial charge in [-0.15, -0.1) is 0 Å². The Kier molecular flexibility index (Phi) is 6.80. The van der Waals surface area contributed by atoms with Crippen LogP contribution in [0.15, 0.2) is 30.3 Å². The molecule has 122 valence electrons. The summed E-state index contributed by atoms with van der Waals surface area (Å²) in [5, 5.41) is 18.6. The van der Waals surface area contributed by atoms with Crippen LogP contribution in [0.1, 0.15) is 18.4 Å². The molecule has 8 nitrogen and oxygen atoms in total. The van der Waals surface area contributed by atoms with Crippen LogP contribution in [-0.4, -0.2) is 38.0 Å². The molecule has 0 fully saturated rings. The highest BCUT2D eigenvalue weighted by Crippen LogP contribution is 2.07. The molecule has 0 radical (unpaired) electrons. The number of hydrogen-bond donors (Lipinski definition) is 5. The van der Waals surface area contributed by atoms with Crippen molar-refractivity contribution in [2.24, 2.45) is 5.73 Å². The first-order valence-electron chi connectivity index (χ1n) is 6.65. The molecule has 22 heavy (non-hydrogen) atoms. The average Bonchev–Trinajstić information content (AvgIpc) is 2.42. The van der Waals surface area contributed by atoms with Crippen LogP contribution in [0.3, 0.4) is 0 Å². The number of nitrogens with one attached hydrogen (secondary N) is 3. The minimum absolute atomic E-state index is 0.101. The molecule has 0 spiro atoms. The van der Waals surface area contributed by atoms with Crippen LogP contribution in [-0.2, 0) is 20.6 Å². The van der Waals surface area contributed by atoms with Gasteiger partial charge in [-0.05, 0) is 18.4 Å². The van der Waals surface area contributed by atoms with E-state index in [1.807, 2.05) is 0 Å². The van der Waals surface area contributed by atoms with Gasteiger partial charge >= 0.3 is 5.97 Å². The summed E-state index contributed by atoms with van der Waals surface area (Å²) in [6, 6.07) is 7.31. The van der Waals surface area contributed by atoms with Crippen molar-refractivity contribution in [1.29, 1.82) is 5.41 Å². The fourth-order valence-electron chi connectivity index (χ4n) is 1.81. The summed E-state index contributed by atoms with van der Waals surface area (Å²) >= 11 is 0. The third kappa shape index (κ3) is 7.04. The van der Waals surface area contributed by atoms with Crippen molar-refractivity contribution in [2.45, 2.75) is 24.6 Å². The topological polar surface area (TPSA) is 145 Å². The third-order valence-electron chi connectivity index (χ3n) is 2.80. The van der Waals surface area contributed by atoms with Crippen molar-refractivity contribution in [2.75, 3.05) is 6.54 Å². The largest absolute Gasteiger partial charge is 0.480 e. The number of guanidine groups is 1. The van der Waals surface area contributed by atoms with E-state index < -0.39 is 22.0 Å². The number of rotatable bonds is 9. The zero-order valence-corrected chi connectivity index (χ0v) is 12.8. The molecular weight excluding hydrogens is 308 g/mol. The Labute approximate surface area is 129 Å². The van der Waals surface area contributed by atoms with Crippen LogP contribution < -0.4 is 15.8 Å². The molecular formula is C13H20N4O4S. The third-order valence-corrected chi connectivity index (χ3v) is 4.16. The minimum Gasteiger partial charge on any atom is -0.480 e. The fourth-order valence-corrected chi connectivity index (χ4v) is 3.18. The fraction of sp³-hybridized carbons (Fsp3) is 0.385. The molecule has 1 rings (SSSR count). The summed E-state index contributed by atoms with van der Waals surface area (Å²) in [7, 11) is -3.75. The van der Waals surface area contributed by atoms with Crippen LogP contribution in [0.5, 0.6) is 0 Å². The molecule has 6 N–H and O–H groups in total. The first-order chi connectivity index (χ1) is 10.3. The molecule has 0 bridgehead atoms. The number of carboxylic acid groups (broad SMARTS) is 1. The Morgan fingerprint density at radius 1 is 1.32 bits per heavy atom. The minimum atomic E-state index is -3.75. The maximum Gasteiger partial charge on any atom is 0.321 e. The van der Waals surface area contributed by atoms with Gasteiger partial charge in [0.2, 0.25) is 10.0 Å². The normalized spacial score (nSPS) is 12.5. The van der Waals surface area contributed by atoms with Crippen molar-refractivity contribution in [3.05, 3.63) is 35.9 Å². The SMILES string of the molecule is N=C(N)NCCC[C@@H](NS(=O)(=O)Cc1ccccc1)C(=O)O. The lowest BCUT2D eigenvalue weighted by Gasteiger charge is -2.15. The lowest BCUT2D eigenvalue weighted by atomic mass is 10.2. The van der Waals surface area contributed by atoms with Gasteiger partial charge in [0.1, 0.15) is 6.04 Å². The second kappa shape index (κ2) is 8.35. The van der Waals surface area contributed by atoms with Crippen molar-refractivity contribution < 1.29 is 18.3 Å². The quantitative estimate of drug-likeness (QED) is 0.241. The predicted octanol–water partition coefficient (Wildman–Crippen LogP) is -0.178. The molecule has 0 amide bonds. The molecule has 0 aliphatic carbocycles. The van der Waals surface area contributed by atoms with Gasteiger partial charge in [0.05, 0.1) is 5.75 Å². The monoisotopic (exact) mass is 328 g/mol. The number of carboxylic acids is 1. The van der Waals surface area contributed by atoms with E-state index in [4.69, 9.17) is 16.2 Å². The van der Waals surface area contributed by atoms with E-state index in [1.54, 1.807) is 30.3 Å². The maximum absolute atomic E-state index is 12.0. The first kappa shape index (κ1) is 17.9. The van der Waals surface area contributed by atoms with E-state index in [2.05, 4.69) is 10.0 Å². The van der Waals surface area contributed by atoms with Crippen LogP contribution in [0.25, 0.3) is 0 Å². The molecule has 0 aliphatic heterocycles. The van der Waals surface area contributed by atoms with Gasteiger partial charge in [0.15, 0.2) is 5.96 Å². The van der Waals surface area contributed by atoms with Gasteiger partial charge in [-0.1, -0.05) is 30.3 Å². The van der Waals surface area contributed by atoms with E-state index >= 15 is 0 Å². The summed E-state index contributed by atoms with van der Waals surface area (Å²) < 4.78 is 26.2. The van der Waals surface area contributed by atoms with Crippen molar-refractivity contribution in [3.63, 3.8) is 0 Å². The van der Waals surface area contributed by atoms with Crippen LogP contribution in [0, 0.1) is 5.41 Å². The molecule has 0 unspecified atom stereocenters. The summed E-state index contributed by atoms with van der Waals surface area (Å²) in [5.74, 6) is -1.72. The average molecular weight is 328 g/mol. The Hall–Kier alpha value is -2.13. The van der Waals surface area contributed by atoms with Gasteiger partial charge < -0.3 is 16.2 Å². The Morgan fingerprint density at radius 2 is 1.95 bits per heavy atom. The zero-order valence-electron chi connectivity index (χ0n) is 12.0. The number of sulfonamides is 1. The summed E-state index contributed by atoms with van der Waals surface area (Å²) in [6.07, 6.45) is 0.466. The Morgan fingerprint density at radius 3 is 2.50 bits per heavy atom. The maximum atomic E-state index is 12.0. The van der Waals surface area contributed by atoms with Gasteiger partial charge in [-0.25, -0.2) is 13.1 Å². The van der Waals surface area contributed by atoms with E-state index in [0.29, 0.717) is 18.5 Å². The van der Waals surface area contributed by atoms with Gasteiger partial charge in [-0.2, -0.15) is 0 Å². The second-order valence-corrected chi connectivity index (χ2v) is 6.49. The lowest BCUT2D eigenvalue weighted by Crippen LogP contribution is -2.42. The molecule has 0 heterocycles. The number of nitrogens with two attached hydrogens (primary N) is 1. The summed E-state index contributed by atoms with van der Waals surface area (Å²) in [5.41, 5.74) is 5.68. The number of hydrogen-bond acceptors (Lipinski definition) is 4. The van der Waals surface area contributed by atoms with E-state index in [-0.39, 0.29) is 18.1 Å². The van der Waals surface area contributed by atoms with Crippen molar-refractivity contribution >= 4 is 22.0 Å². The highest BCUT2D eigenvalue weighted by molar-refractivity contribution is 7.88. The highest BCUT2D eigenvalue weighted by Gasteiger charge is 2.23. The van der Waals surface area contributed by atoms with Crippen LogP contribution >= 0.6 is 0 Å². The van der Waals surface area contributed by atoms with E-state index in [0.717, 1.165) is 0 Å². The second-order valence-electron chi connectivity index (χ2n) is 4.74. The Balaban J connectivity index is 2.57. The first-order valence-corrected chi connectivity index (χ1v) is 8.30. The van der Waals surface area contributed by atoms with Crippen LogP contribution in [0.2, 0.25) is 0 Å². The van der Waals surface area contributed by atoms with Crippen LogP contribution in [0.4, 0.5) is 0 Å². The molecule has 1 aromatic carbocycles. The van der Waals surface area contributed by atoms with Crippen molar-refractivity contribution in [3.8, 4) is 0 Å². The lowest BCUT2D eigenvalue weighted by molar-refractivity contribution is -0.139. The predicted molar refractivity (Wildman–Crippen MR) is 82.8 cm³/mol.